The van der Waals surface area contributed by atoms with Gasteiger partial charge < -0.3 is 10.6 Å². The van der Waals surface area contributed by atoms with Crippen molar-refractivity contribution in [3.63, 3.8) is 0 Å². The van der Waals surface area contributed by atoms with Crippen molar-refractivity contribution in [2.24, 2.45) is 4.99 Å². The molecule has 15 heavy (non-hydrogen) atoms. The maximum absolute atomic E-state index is 4.17. The maximum atomic E-state index is 4.17. The van der Waals surface area contributed by atoms with Crippen molar-refractivity contribution in [2.45, 2.75) is 18.6 Å². The first-order valence-corrected chi connectivity index (χ1v) is 7.66. The van der Waals surface area contributed by atoms with E-state index < -0.39 is 0 Å². The molecule has 0 fully saturated rings. The Morgan fingerprint density at radius 3 is 2.40 bits per heavy atom. The first-order valence-electron chi connectivity index (χ1n) is 5.04. The second-order valence-corrected chi connectivity index (χ2v) is 6.31. The topological polar surface area (TPSA) is 36.4 Å². The molecule has 90 valence electrons. The van der Waals surface area contributed by atoms with Crippen LogP contribution in [0.4, 0.5) is 0 Å². The fraction of sp³-hybridized carbons (Fsp3) is 0.900. The summed E-state index contributed by atoms with van der Waals surface area (Å²) in [6.07, 6.45) is 4.24. The lowest BCUT2D eigenvalue weighted by molar-refractivity contribution is 0.667. The molecule has 0 bridgehead atoms. The van der Waals surface area contributed by atoms with Gasteiger partial charge in [-0.15, -0.1) is 0 Å². The number of aliphatic imine (C=N–C) groups is 1. The van der Waals surface area contributed by atoms with Gasteiger partial charge in [0, 0.05) is 30.6 Å². The molecule has 0 aromatic heterocycles. The van der Waals surface area contributed by atoms with Gasteiger partial charge in [0.05, 0.1) is 0 Å². The van der Waals surface area contributed by atoms with E-state index >= 15 is 0 Å². The highest BCUT2D eigenvalue weighted by Gasteiger charge is 2.15. The summed E-state index contributed by atoms with van der Waals surface area (Å²) < 4.78 is 0.247. The summed E-state index contributed by atoms with van der Waals surface area (Å²) in [5, 5.41) is 6.60. The summed E-state index contributed by atoms with van der Waals surface area (Å²) in [4.78, 5) is 4.17. The summed E-state index contributed by atoms with van der Waals surface area (Å²) in [5.74, 6) is 2.00. The number of hydrogen-bond donors (Lipinski definition) is 2. The number of guanidine groups is 1. The van der Waals surface area contributed by atoms with E-state index in [0.717, 1.165) is 24.8 Å². The molecule has 0 spiro atoms. The average molecular weight is 249 g/mol. The molecule has 0 aliphatic carbocycles. The van der Waals surface area contributed by atoms with E-state index in [2.05, 4.69) is 42.0 Å². The molecule has 0 aromatic carbocycles. The summed E-state index contributed by atoms with van der Waals surface area (Å²) in [5.41, 5.74) is 0. The first-order chi connectivity index (χ1) is 7.05. The van der Waals surface area contributed by atoms with Crippen molar-refractivity contribution in [3.05, 3.63) is 0 Å². The quantitative estimate of drug-likeness (QED) is 0.426. The molecule has 0 aliphatic heterocycles. The van der Waals surface area contributed by atoms with Crippen LogP contribution in [0.1, 0.15) is 13.8 Å². The van der Waals surface area contributed by atoms with Crippen molar-refractivity contribution >= 4 is 29.5 Å². The van der Waals surface area contributed by atoms with Gasteiger partial charge in [0.1, 0.15) is 0 Å². The maximum Gasteiger partial charge on any atom is 0.191 e. The van der Waals surface area contributed by atoms with E-state index in [0.29, 0.717) is 0 Å². The molecule has 0 saturated heterocycles. The third-order valence-corrected chi connectivity index (χ3v) is 3.92. The molecule has 0 atom stereocenters. The van der Waals surface area contributed by atoms with Gasteiger partial charge in [-0.25, -0.2) is 0 Å². The van der Waals surface area contributed by atoms with E-state index in [-0.39, 0.29) is 4.75 Å². The minimum atomic E-state index is 0.247. The SMILES string of the molecule is CN=C(NCCSC)NCC(C)(C)SC. The molecule has 0 aromatic rings. The monoisotopic (exact) mass is 249 g/mol. The van der Waals surface area contributed by atoms with Crippen molar-refractivity contribution in [1.29, 1.82) is 0 Å². The Morgan fingerprint density at radius 1 is 1.27 bits per heavy atom. The Balaban J connectivity index is 3.81. The molecular weight excluding hydrogens is 226 g/mol. The highest BCUT2D eigenvalue weighted by Crippen LogP contribution is 2.19. The highest BCUT2D eigenvalue weighted by atomic mass is 32.2. The molecule has 5 heteroatoms. The number of hydrogen-bond acceptors (Lipinski definition) is 3. The van der Waals surface area contributed by atoms with E-state index in [1.165, 1.54) is 0 Å². The molecule has 0 heterocycles. The minimum absolute atomic E-state index is 0.247. The third-order valence-electron chi connectivity index (χ3n) is 2.06. The Labute approximate surface area is 102 Å². The number of nitrogens with one attached hydrogen (secondary N) is 2. The summed E-state index contributed by atoms with van der Waals surface area (Å²) in [7, 11) is 1.81. The van der Waals surface area contributed by atoms with Crippen molar-refractivity contribution in [3.8, 4) is 0 Å². The fourth-order valence-corrected chi connectivity index (χ4v) is 1.38. The molecule has 0 amide bonds. The van der Waals surface area contributed by atoms with Crippen LogP contribution in [0.15, 0.2) is 4.99 Å². The van der Waals surface area contributed by atoms with Gasteiger partial charge in [-0.3, -0.25) is 4.99 Å². The van der Waals surface area contributed by atoms with Crippen LogP contribution in [0.2, 0.25) is 0 Å². The molecule has 0 unspecified atom stereocenters. The Morgan fingerprint density at radius 2 is 1.93 bits per heavy atom. The predicted molar refractivity (Wildman–Crippen MR) is 75.3 cm³/mol. The summed E-state index contributed by atoms with van der Waals surface area (Å²) in [6.45, 7) is 6.33. The van der Waals surface area contributed by atoms with Crippen LogP contribution in [0.25, 0.3) is 0 Å². The zero-order valence-electron chi connectivity index (χ0n) is 10.4. The van der Waals surface area contributed by atoms with Crippen molar-refractivity contribution in [1.82, 2.24) is 10.6 Å². The average Bonchev–Trinajstić information content (AvgIpc) is 2.23. The van der Waals surface area contributed by atoms with Crippen LogP contribution < -0.4 is 10.6 Å². The van der Waals surface area contributed by atoms with Gasteiger partial charge in [-0.2, -0.15) is 23.5 Å². The molecule has 0 saturated carbocycles. The second-order valence-electron chi connectivity index (χ2n) is 3.81. The second kappa shape index (κ2) is 8.16. The molecule has 0 rings (SSSR count). The van der Waals surface area contributed by atoms with Crippen LogP contribution in [-0.4, -0.2) is 49.1 Å². The van der Waals surface area contributed by atoms with E-state index in [1.54, 1.807) is 7.05 Å². The van der Waals surface area contributed by atoms with E-state index in [9.17, 15) is 0 Å². The Bertz CT molecular complexity index is 193. The van der Waals surface area contributed by atoms with E-state index in [1.807, 2.05) is 23.5 Å². The van der Waals surface area contributed by atoms with Gasteiger partial charge in [0.15, 0.2) is 5.96 Å². The van der Waals surface area contributed by atoms with Gasteiger partial charge in [0.2, 0.25) is 0 Å². The lowest BCUT2D eigenvalue weighted by atomic mass is 10.2. The lowest BCUT2D eigenvalue weighted by Crippen LogP contribution is -2.43. The smallest absolute Gasteiger partial charge is 0.191 e. The fourth-order valence-electron chi connectivity index (χ4n) is 0.861. The number of thioether (sulfide) groups is 2. The summed E-state index contributed by atoms with van der Waals surface area (Å²) in [6, 6.07) is 0. The normalized spacial score (nSPS) is 12.7. The summed E-state index contributed by atoms with van der Waals surface area (Å²) >= 11 is 3.69. The van der Waals surface area contributed by atoms with Gasteiger partial charge >= 0.3 is 0 Å². The molecule has 2 N–H and O–H groups in total. The predicted octanol–water partition coefficient (Wildman–Crippen LogP) is 1.66. The Kier molecular flexibility index (Phi) is 8.14. The van der Waals surface area contributed by atoms with Gasteiger partial charge in [0.25, 0.3) is 0 Å². The standard InChI is InChI=1S/C10H23N3S2/c1-10(2,15-5)8-13-9(11-3)12-6-7-14-4/h6-8H2,1-5H3,(H2,11,12,13). The molecule has 0 radical (unpaired) electrons. The van der Waals surface area contributed by atoms with Crippen LogP contribution in [0, 0.1) is 0 Å². The number of rotatable bonds is 6. The van der Waals surface area contributed by atoms with Crippen LogP contribution in [-0.2, 0) is 0 Å². The largest absolute Gasteiger partial charge is 0.356 e. The van der Waals surface area contributed by atoms with Crippen LogP contribution in [0.5, 0.6) is 0 Å². The van der Waals surface area contributed by atoms with Gasteiger partial charge in [-0.1, -0.05) is 0 Å². The zero-order valence-corrected chi connectivity index (χ0v) is 12.0. The number of nitrogens with zero attached hydrogens (tertiary/aromatic N) is 1. The first kappa shape index (κ1) is 15.0. The van der Waals surface area contributed by atoms with Crippen LogP contribution in [0.3, 0.4) is 0 Å². The highest BCUT2D eigenvalue weighted by molar-refractivity contribution is 8.00. The zero-order chi connectivity index (χ0) is 11.7. The van der Waals surface area contributed by atoms with Crippen LogP contribution >= 0.6 is 23.5 Å². The van der Waals surface area contributed by atoms with E-state index in [4.69, 9.17) is 0 Å². The molecule has 0 aliphatic rings. The lowest BCUT2D eigenvalue weighted by Gasteiger charge is -2.23. The minimum Gasteiger partial charge on any atom is -0.356 e. The molecule has 3 nitrogen and oxygen atoms in total. The van der Waals surface area contributed by atoms with Gasteiger partial charge in [-0.05, 0) is 26.4 Å². The van der Waals surface area contributed by atoms with Crippen molar-refractivity contribution in [2.75, 3.05) is 38.4 Å². The van der Waals surface area contributed by atoms with Crippen molar-refractivity contribution < 1.29 is 0 Å². The Hall–Kier alpha value is -0.0300. The molecular formula is C10H23N3S2. The third kappa shape index (κ3) is 7.85.